The third kappa shape index (κ3) is 1.08. The second kappa shape index (κ2) is 2.79. The zero-order valence-electron chi connectivity index (χ0n) is 6.29. The molecule has 0 bridgehead atoms. The van der Waals surface area contributed by atoms with Crippen LogP contribution in [0.5, 0.6) is 0 Å². The van der Waals surface area contributed by atoms with Crippen LogP contribution in [0.3, 0.4) is 0 Å². The molecule has 0 aliphatic heterocycles. The first-order valence-corrected chi connectivity index (χ1v) is 4.10. The van der Waals surface area contributed by atoms with E-state index in [0.29, 0.717) is 10.3 Å². The quantitative estimate of drug-likeness (QED) is 0.588. The van der Waals surface area contributed by atoms with Crippen molar-refractivity contribution in [3.8, 4) is 0 Å². The number of fused-ring (bicyclic) bond motifs is 1. The zero-order chi connectivity index (χ0) is 8.55. The van der Waals surface area contributed by atoms with Gasteiger partial charge in [-0.2, -0.15) is 0 Å². The van der Waals surface area contributed by atoms with E-state index in [1.165, 1.54) is 0 Å². The minimum absolute atomic E-state index is 0.239. The van der Waals surface area contributed by atoms with Crippen LogP contribution < -0.4 is 0 Å². The lowest BCUT2D eigenvalue weighted by molar-refractivity contribution is 0.615. The van der Waals surface area contributed by atoms with Crippen molar-refractivity contribution < 1.29 is 4.39 Å². The van der Waals surface area contributed by atoms with Crippen molar-refractivity contribution in [3.63, 3.8) is 0 Å². The number of thiol groups is 1. The molecule has 0 spiro atoms. The Morgan fingerprint density at radius 3 is 2.58 bits per heavy atom. The SMILES string of the molecule is Fc1c(S)ccc2ccccc12. The van der Waals surface area contributed by atoms with Crippen LogP contribution in [0.4, 0.5) is 4.39 Å². The molecule has 0 saturated carbocycles. The molecule has 2 rings (SSSR count). The van der Waals surface area contributed by atoms with Crippen LogP contribution in [-0.4, -0.2) is 0 Å². The Bertz CT molecular complexity index is 423. The van der Waals surface area contributed by atoms with Crippen molar-refractivity contribution in [3.05, 3.63) is 42.2 Å². The molecule has 2 aromatic rings. The second-order valence-electron chi connectivity index (χ2n) is 2.62. The van der Waals surface area contributed by atoms with E-state index < -0.39 is 0 Å². The molecule has 0 radical (unpaired) electrons. The summed E-state index contributed by atoms with van der Waals surface area (Å²) in [6, 6.07) is 10.9. The molecule has 0 heterocycles. The molecule has 2 aromatic carbocycles. The van der Waals surface area contributed by atoms with Gasteiger partial charge >= 0.3 is 0 Å². The fourth-order valence-corrected chi connectivity index (χ4v) is 1.42. The van der Waals surface area contributed by atoms with Gasteiger partial charge in [0, 0.05) is 10.3 Å². The van der Waals surface area contributed by atoms with Crippen LogP contribution in [0.1, 0.15) is 0 Å². The largest absolute Gasteiger partial charge is 0.205 e. The van der Waals surface area contributed by atoms with Gasteiger partial charge < -0.3 is 0 Å². The Morgan fingerprint density at radius 2 is 1.75 bits per heavy atom. The summed E-state index contributed by atoms with van der Waals surface area (Å²) in [7, 11) is 0. The van der Waals surface area contributed by atoms with Gasteiger partial charge in [0.25, 0.3) is 0 Å². The number of hydrogen-bond acceptors (Lipinski definition) is 1. The highest BCUT2D eigenvalue weighted by atomic mass is 32.1. The third-order valence-electron chi connectivity index (χ3n) is 1.84. The number of benzene rings is 2. The van der Waals surface area contributed by atoms with Gasteiger partial charge in [-0.15, -0.1) is 12.6 Å². The van der Waals surface area contributed by atoms with Gasteiger partial charge in [0.1, 0.15) is 5.82 Å². The van der Waals surface area contributed by atoms with Crippen molar-refractivity contribution in [1.82, 2.24) is 0 Å². The highest BCUT2D eigenvalue weighted by Crippen LogP contribution is 2.22. The molecule has 0 amide bonds. The number of halogens is 1. The van der Waals surface area contributed by atoms with Crippen LogP contribution >= 0.6 is 12.6 Å². The van der Waals surface area contributed by atoms with Crippen LogP contribution in [0, 0.1) is 5.82 Å². The number of rotatable bonds is 0. The number of hydrogen-bond donors (Lipinski definition) is 1. The topological polar surface area (TPSA) is 0 Å². The Balaban J connectivity index is 2.91. The lowest BCUT2D eigenvalue weighted by Crippen LogP contribution is -1.80. The Kier molecular flexibility index (Phi) is 1.77. The predicted molar refractivity (Wildman–Crippen MR) is 51.2 cm³/mol. The molecule has 60 valence electrons. The highest BCUT2D eigenvalue weighted by molar-refractivity contribution is 7.80. The van der Waals surface area contributed by atoms with Gasteiger partial charge in [0.05, 0.1) is 0 Å². The van der Waals surface area contributed by atoms with Crippen LogP contribution in [0.25, 0.3) is 10.8 Å². The van der Waals surface area contributed by atoms with Crippen LogP contribution in [0.2, 0.25) is 0 Å². The first-order valence-electron chi connectivity index (χ1n) is 3.65. The zero-order valence-corrected chi connectivity index (χ0v) is 7.18. The van der Waals surface area contributed by atoms with Gasteiger partial charge in [-0.3, -0.25) is 0 Å². The Labute approximate surface area is 75.4 Å². The van der Waals surface area contributed by atoms with Crippen molar-refractivity contribution in [2.45, 2.75) is 4.90 Å². The van der Waals surface area contributed by atoms with Gasteiger partial charge in [-0.1, -0.05) is 30.3 Å². The fraction of sp³-hybridized carbons (Fsp3) is 0. The van der Waals surface area contributed by atoms with Gasteiger partial charge in [0.15, 0.2) is 0 Å². The van der Waals surface area contributed by atoms with Crippen molar-refractivity contribution in [2.75, 3.05) is 0 Å². The molecule has 2 heteroatoms. The van der Waals surface area contributed by atoms with E-state index in [9.17, 15) is 4.39 Å². The molecule has 0 aliphatic rings. The summed E-state index contributed by atoms with van der Waals surface area (Å²) in [5.74, 6) is -0.239. The summed E-state index contributed by atoms with van der Waals surface area (Å²) in [6.45, 7) is 0. The minimum atomic E-state index is -0.239. The standard InChI is InChI=1S/C10H7FS/c11-10-8-4-2-1-3-7(8)5-6-9(10)12/h1-6,12H. The molecule has 12 heavy (non-hydrogen) atoms. The van der Waals surface area contributed by atoms with E-state index in [2.05, 4.69) is 12.6 Å². The lowest BCUT2D eigenvalue weighted by Gasteiger charge is -2.00. The Hall–Kier alpha value is -1.02. The first-order chi connectivity index (χ1) is 5.79. The van der Waals surface area contributed by atoms with Crippen molar-refractivity contribution in [2.24, 2.45) is 0 Å². The summed E-state index contributed by atoms with van der Waals surface area (Å²) in [5.41, 5.74) is 0. The molecular weight excluding hydrogens is 171 g/mol. The monoisotopic (exact) mass is 178 g/mol. The van der Waals surface area contributed by atoms with E-state index in [4.69, 9.17) is 0 Å². The highest BCUT2D eigenvalue weighted by Gasteiger charge is 2.02. The van der Waals surface area contributed by atoms with E-state index in [0.717, 1.165) is 5.39 Å². The minimum Gasteiger partial charge on any atom is -0.205 e. The van der Waals surface area contributed by atoms with Crippen molar-refractivity contribution >= 4 is 23.4 Å². The maximum absolute atomic E-state index is 13.3. The smallest absolute Gasteiger partial charge is 0.144 e. The summed E-state index contributed by atoms with van der Waals surface area (Å²) in [6.07, 6.45) is 0. The summed E-state index contributed by atoms with van der Waals surface area (Å²) in [4.78, 5) is 0.397. The molecule has 0 atom stereocenters. The average Bonchev–Trinajstić information content (AvgIpc) is 2.12. The van der Waals surface area contributed by atoms with E-state index in [1.807, 2.05) is 24.3 Å². The van der Waals surface area contributed by atoms with Gasteiger partial charge in [-0.05, 0) is 11.5 Å². The molecular formula is C10H7FS. The predicted octanol–water partition coefficient (Wildman–Crippen LogP) is 3.27. The molecule has 0 aliphatic carbocycles. The molecule has 0 saturated heterocycles. The van der Waals surface area contributed by atoms with Gasteiger partial charge in [0.2, 0.25) is 0 Å². The maximum atomic E-state index is 13.3. The van der Waals surface area contributed by atoms with E-state index in [1.54, 1.807) is 12.1 Å². The summed E-state index contributed by atoms with van der Waals surface area (Å²) < 4.78 is 13.3. The second-order valence-corrected chi connectivity index (χ2v) is 3.10. The Morgan fingerprint density at radius 1 is 1.00 bits per heavy atom. The van der Waals surface area contributed by atoms with E-state index >= 15 is 0 Å². The van der Waals surface area contributed by atoms with E-state index in [-0.39, 0.29) is 5.82 Å². The summed E-state index contributed by atoms with van der Waals surface area (Å²) in [5, 5.41) is 1.54. The van der Waals surface area contributed by atoms with Crippen LogP contribution in [-0.2, 0) is 0 Å². The van der Waals surface area contributed by atoms with Crippen LogP contribution in [0.15, 0.2) is 41.3 Å². The van der Waals surface area contributed by atoms with Crippen molar-refractivity contribution in [1.29, 1.82) is 0 Å². The molecule has 0 unspecified atom stereocenters. The van der Waals surface area contributed by atoms with Gasteiger partial charge in [-0.25, -0.2) is 4.39 Å². The normalized spacial score (nSPS) is 10.5. The average molecular weight is 178 g/mol. The first kappa shape index (κ1) is 7.62. The molecule has 0 N–H and O–H groups in total. The third-order valence-corrected chi connectivity index (χ3v) is 2.19. The maximum Gasteiger partial charge on any atom is 0.144 e. The lowest BCUT2D eigenvalue weighted by atomic mass is 10.1. The molecule has 0 nitrogen and oxygen atoms in total. The molecule has 0 aromatic heterocycles. The summed E-state index contributed by atoms with van der Waals surface area (Å²) >= 11 is 4.00. The molecule has 0 fully saturated rings. The fourth-order valence-electron chi connectivity index (χ4n) is 1.22.